The Hall–Kier alpha value is -0.430. The zero-order valence-electron chi connectivity index (χ0n) is 11.2. The Labute approximate surface area is 111 Å². The zero-order valence-corrected chi connectivity index (χ0v) is 12.0. The van der Waals surface area contributed by atoms with E-state index < -0.39 is 10.2 Å². The van der Waals surface area contributed by atoms with Gasteiger partial charge in [0, 0.05) is 32.7 Å². The minimum Gasteiger partial charge on any atom is -0.329 e. The molecule has 0 aliphatic carbocycles. The summed E-state index contributed by atoms with van der Waals surface area (Å²) in [6, 6.07) is -0.0365. The van der Waals surface area contributed by atoms with Crippen LogP contribution in [0.1, 0.15) is 32.1 Å². The molecular formula is C12H25N3O2S. The summed E-state index contributed by atoms with van der Waals surface area (Å²) in [5.41, 5.74) is 5.67. The average molecular weight is 275 g/mol. The van der Waals surface area contributed by atoms with Gasteiger partial charge in [-0.2, -0.15) is 17.0 Å². The fourth-order valence-electron chi connectivity index (χ4n) is 2.27. The highest BCUT2D eigenvalue weighted by atomic mass is 32.2. The van der Waals surface area contributed by atoms with Crippen molar-refractivity contribution in [3.8, 4) is 0 Å². The van der Waals surface area contributed by atoms with Crippen LogP contribution in [0.15, 0.2) is 12.7 Å². The summed E-state index contributed by atoms with van der Waals surface area (Å²) in [4.78, 5) is 0. The molecule has 0 radical (unpaired) electrons. The fraction of sp³-hybridized carbons (Fsp3) is 0.833. The number of nitrogens with two attached hydrogens (primary N) is 1. The summed E-state index contributed by atoms with van der Waals surface area (Å²) in [7, 11) is -1.71. The van der Waals surface area contributed by atoms with Crippen LogP contribution in [-0.4, -0.2) is 49.8 Å². The molecule has 1 aliphatic rings. The predicted molar refractivity (Wildman–Crippen MR) is 74.4 cm³/mol. The number of unbranched alkanes of at least 4 members (excludes halogenated alkanes) is 1. The van der Waals surface area contributed by atoms with E-state index in [1.54, 1.807) is 11.4 Å². The van der Waals surface area contributed by atoms with Crippen molar-refractivity contribution in [2.24, 2.45) is 5.73 Å². The lowest BCUT2D eigenvalue weighted by molar-refractivity contribution is 0.240. The molecule has 6 heteroatoms. The maximum atomic E-state index is 12.4. The van der Waals surface area contributed by atoms with Gasteiger partial charge in [-0.3, -0.25) is 0 Å². The Balaban J connectivity index is 2.67. The van der Waals surface area contributed by atoms with Crippen molar-refractivity contribution in [2.75, 3.05) is 26.7 Å². The molecule has 1 saturated heterocycles. The van der Waals surface area contributed by atoms with Gasteiger partial charge >= 0.3 is 0 Å². The maximum Gasteiger partial charge on any atom is 0.282 e. The molecule has 0 saturated carbocycles. The van der Waals surface area contributed by atoms with Crippen LogP contribution in [0.3, 0.4) is 0 Å². The summed E-state index contributed by atoms with van der Waals surface area (Å²) in [5.74, 6) is 0. The number of allylic oxidation sites excluding steroid dienone is 1. The van der Waals surface area contributed by atoms with E-state index >= 15 is 0 Å². The summed E-state index contributed by atoms with van der Waals surface area (Å²) in [6.07, 6.45) is 6.31. The summed E-state index contributed by atoms with van der Waals surface area (Å²) < 4.78 is 27.8. The number of rotatable bonds is 7. The molecule has 0 aromatic carbocycles. The highest BCUT2D eigenvalue weighted by Crippen LogP contribution is 2.21. The number of piperidine rings is 1. The van der Waals surface area contributed by atoms with Crippen molar-refractivity contribution < 1.29 is 8.42 Å². The molecule has 18 heavy (non-hydrogen) atoms. The minimum atomic E-state index is -3.35. The first-order valence-corrected chi connectivity index (χ1v) is 7.97. The Morgan fingerprint density at radius 3 is 2.83 bits per heavy atom. The van der Waals surface area contributed by atoms with E-state index in [1.807, 2.05) is 6.08 Å². The highest BCUT2D eigenvalue weighted by molar-refractivity contribution is 7.86. The standard InChI is InChI=1S/C12H25N3O2S/c1-3-4-6-9-14(2)18(16,17)15-10-7-5-8-12(15)11-13/h3,12H,1,4-11,13H2,2H3. The third-order valence-corrected chi connectivity index (χ3v) is 5.46. The predicted octanol–water partition coefficient (Wildman–Crippen LogP) is 0.942. The van der Waals surface area contributed by atoms with Gasteiger partial charge in [-0.05, 0) is 25.7 Å². The lowest BCUT2D eigenvalue weighted by Crippen LogP contribution is -2.52. The van der Waals surface area contributed by atoms with Gasteiger partial charge in [0.05, 0.1) is 0 Å². The van der Waals surface area contributed by atoms with E-state index in [0.717, 1.165) is 32.1 Å². The van der Waals surface area contributed by atoms with E-state index in [4.69, 9.17) is 5.73 Å². The maximum absolute atomic E-state index is 12.4. The quantitative estimate of drug-likeness (QED) is 0.555. The van der Waals surface area contributed by atoms with Crippen LogP contribution in [-0.2, 0) is 10.2 Å². The topological polar surface area (TPSA) is 66.6 Å². The van der Waals surface area contributed by atoms with Crippen LogP contribution >= 0.6 is 0 Å². The molecular weight excluding hydrogens is 250 g/mol. The SMILES string of the molecule is C=CCCCN(C)S(=O)(=O)N1CCCCC1CN. The number of hydrogen-bond donors (Lipinski definition) is 1. The normalized spacial score (nSPS) is 22.3. The Morgan fingerprint density at radius 2 is 2.22 bits per heavy atom. The largest absolute Gasteiger partial charge is 0.329 e. The molecule has 1 fully saturated rings. The van der Waals surface area contributed by atoms with Crippen LogP contribution < -0.4 is 5.73 Å². The Bertz CT molecular complexity index is 356. The monoisotopic (exact) mass is 275 g/mol. The van der Waals surface area contributed by atoms with E-state index in [2.05, 4.69) is 6.58 Å². The van der Waals surface area contributed by atoms with Gasteiger partial charge in [-0.25, -0.2) is 0 Å². The van der Waals surface area contributed by atoms with Crippen molar-refractivity contribution in [2.45, 2.75) is 38.1 Å². The molecule has 1 heterocycles. The molecule has 1 atom stereocenters. The lowest BCUT2D eigenvalue weighted by atomic mass is 10.1. The van der Waals surface area contributed by atoms with Crippen LogP contribution in [0.25, 0.3) is 0 Å². The van der Waals surface area contributed by atoms with Gasteiger partial charge in [0.2, 0.25) is 0 Å². The van der Waals surface area contributed by atoms with E-state index in [9.17, 15) is 8.42 Å². The van der Waals surface area contributed by atoms with E-state index in [0.29, 0.717) is 19.6 Å². The summed E-state index contributed by atoms with van der Waals surface area (Å²) >= 11 is 0. The van der Waals surface area contributed by atoms with Gasteiger partial charge < -0.3 is 5.73 Å². The molecule has 0 spiro atoms. The molecule has 2 N–H and O–H groups in total. The molecule has 5 nitrogen and oxygen atoms in total. The Kier molecular flexibility index (Phi) is 6.28. The second kappa shape index (κ2) is 7.23. The van der Waals surface area contributed by atoms with Crippen molar-refractivity contribution in [1.82, 2.24) is 8.61 Å². The van der Waals surface area contributed by atoms with Crippen LogP contribution in [0.2, 0.25) is 0 Å². The van der Waals surface area contributed by atoms with Gasteiger partial charge in [0.1, 0.15) is 0 Å². The number of hydrogen-bond acceptors (Lipinski definition) is 3. The van der Waals surface area contributed by atoms with Gasteiger partial charge in [-0.1, -0.05) is 12.5 Å². The first-order valence-electron chi connectivity index (χ1n) is 6.58. The molecule has 1 rings (SSSR count). The van der Waals surface area contributed by atoms with Gasteiger partial charge in [0.25, 0.3) is 10.2 Å². The zero-order chi connectivity index (χ0) is 13.6. The molecule has 0 amide bonds. The first kappa shape index (κ1) is 15.6. The van der Waals surface area contributed by atoms with Crippen molar-refractivity contribution >= 4 is 10.2 Å². The second-order valence-corrected chi connectivity index (χ2v) is 6.74. The minimum absolute atomic E-state index is 0.0365. The molecule has 1 unspecified atom stereocenters. The third-order valence-electron chi connectivity index (χ3n) is 3.42. The van der Waals surface area contributed by atoms with Crippen molar-refractivity contribution in [3.05, 3.63) is 12.7 Å². The molecule has 0 aromatic heterocycles. The molecule has 1 aliphatic heterocycles. The molecule has 106 valence electrons. The number of nitrogens with zero attached hydrogens (tertiary/aromatic N) is 2. The Morgan fingerprint density at radius 1 is 1.50 bits per heavy atom. The summed E-state index contributed by atoms with van der Waals surface area (Å²) in [6.45, 7) is 5.17. The van der Waals surface area contributed by atoms with Crippen LogP contribution in [0.4, 0.5) is 0 Å². The summed E-state index contributed by atoms with van der Waals surface area (Å²) in [5, 5.41) is 0. The van der Waals surface area contributed by atoms with Gasteiger partial charge in [-0.15, -0.1) is 6.58 Å². The third kappa shape index (κ3) is 3.78. The van der Waals surface area contributed by atoms with E-state index in [1.165, 1.54) is 4.31 Å². The first-order chi connectivity index (χ1) is 8.54. The molecule has 0 bridgehead atoms. The van der Waals surface area contributed by atoms with Gasteiger partial charge in [0.15, 0.2) is 0 Å². The fourth-order valence-corrected chi connectivity index (χ4v) is 3.91. The van der Waals surface area contributed by atoms with Crippen molar-refractivity contribution in [1.29, 1.82) is 0 Å². The average Bonchev–Trinajstić information content (AvgIpc) is 2.38. The van der Waals surface area contributed by atoms with E-state index in [-0.39, 0.29) is 6.04 Å². The van der Waals surface area contributed by atoms with Crippen LogP contribution in [0.5, 0.6) is 0 Å². The molecule has 0 aromatic rings. The van der Waals surface area contributed by atoms with Crippen LogP contribution in [0, 0.1) is 0 Å². The van der Waals surface area contributed by atoms with Crippen molar-refractivity contribution in [3.63, 3.8) is 0 Å². The lowest BCUT2D eigenvalue weighted by Gasteiger charge is -2.36. The smallest absolute Gasteiger partial charge is 0.282 e. The highest BCUT2D eigenvalue weighted by Gasteiger charge is 2.33. The second-order valence-electron chi connectivity index (χ2n) is 4.76.